The lowest BCUT2D eigenvalue weighted by molar-refractivity contribution is 0.0284. The molecule has 3 rings (SSSR count). The highest BCUT2D eigenvalue weighted by Gasteiger charge is 2.20. The number of benzene rings is 2. The normalized spacial score (nSPS) is 16.9. The second-order valence-corrected chi connectivity index (χ2v) is 5.24. The third kappa shape index (κ3) is 3.14. The zero-order valence-corrected chi connectivity index (χ0v) is 11.8. The van der Waals surface area contributed by atoms with Gasteiger partial charge in [0.05, 0.1) is 18.3 Å². The van der Waals surface area contributed by atoms with E-state index in [0.717, 1.165) is 17.7 Å². The molecule has 1 unspecified atom stereocenters. The van der Waals surface area contributed by atoms with Gasteiger partial charge < -0.3 is 10.1 Å². The minimum atomic E-state index is -0.868. The molecule has 0 radical (unpaired) electrons. The van der Waals surface area contributed by atoms with E-state index < -0.39 is 17.5 Å². The van der Waals surface area contributed by atoms with Gasteiger partial charge in [-0.3, -0.25) is 4.79 Å². The Morgan fingerprint density at radius 1 is 1.18 bits per heavy atom. The molecule has 1 N–H and O–H groups in total. The second kappa shape index (κ2) is 6.23. The van der Waals surface area contributed by atoms with Crippen LogP contribution in [0.3, 0.4) is 0 Å². The first-order chi connectivity index (χ1) is 10.6. The molecule has 2 aromatic carbocycles. The lowest BCUT2D eigenvalue weighted by Gasteiger charge is -2.25. The van der Waals surface area contributed by atoms with Crippen molar-refractivity contribution in [1.82, 2.24) is 5.32 Å². The molecule has 0 saturated carbocycles. The molecule has 1 heterocycles. The Balaban J connectivity index is 1.60. The maximum atomic E-state index is 13.5. The van der Waals surface area contributed by atoms with Crippen LogP contribution in [0.4, 0.5) is 8.78 Å². The van der Waals surface area contributed by atoms with Crippen molar-refractivity contribution in [2.45, 2.75) is 19.1 Å². The van der Waals surface area contributed by atoms with E-state index in [-0.39, 0.29) is 18.2 Å². The molecule has 22 heavy (non-hydrogen) atoms. The number of rotatable bonds is 3. The number of nitrogens with one attached hydrogen (secondary N) is 1. The molecule has 3 nitrogen and oxygen atoms in total. The third-order valence-corrected chi connectivity index (χ3v) is 3.71. The molecule has 0 fully saturated rings. The first kappa shape index (κ1) is 14.7. The Kier molecular flexibility index (Phi) is 4.15. The first-order valence-electron chi connectivity index (χ1n) is 7.05. The molecular formula is C17H15F2NO2. The van der Waals surface area contributed by atoms with Gasteiger partial charge >= 0.3 is 0 Å². The minimum absolute atomic E-state index is 0.151. The SMILES string of the molecule is O=C(NCC1Cc2ccccc2CO1)c1ccc(F)cc1F. The predicted octanol–water partition coefficient (Wildman–Crippen LogP) is 2.84. The van der Waals surface area contributed by atoms with Crippen LogP contribution in [0.25, 0.3) is 0 Å². The Hall–Kier alpha value is -2.27. The van der Waals surface area contributed by atoms with Gasteiger partial charge in [-0.2, -0.15) is 0 Å². The molecule has 5 heteroatoms. The topological polar surface area (TPSA) is 38.3 Å². The summed E-state index contributed by atoms with van der Waals surface area (Å²) in [6.45, 7) is 0.783. The summed E-state index contributed by atoms with van der Waals surface area (Å²) in [5.74, 6) is -2.14. The summed E-state index contributed by atoms with van der Waals surface area (Å²) in [5.41, 5.74) is 2.17. The number of hydrogen-bond donors (Lipinski definition) is 1. The van der Waals surface area contributed by atoms with Crippen LogP contribution in [-0.2, 0) is 17.8 Å². The quantitative estimate of drug-likeness (QED) is 0.947. The summed E-state index contributed by atoms with van der Waals surface area (Å²) >= 11 is 0. The number of carbonyl (C=O) groups excluding carboxylic acids is 1. The van der Waals surface area contributed by atoms with Crippen LogP contribution >= 0.6 is 0 Å². The Morgan fingerprint density at radius 3 is 2.73 bits per heavy atom. The highest BCUT2D eigenvalue weighted by Crippen LogP contribution is 2.20. The van der Waals surface area contributed by atoms with Crippen LogP contribution in [0.15, 0.2) is 42.5 Å². The molecule has 0 aliphatic carbocycles. The molecule has 114 valence electrons. The summed E-state index contributed by atoms with van der Waals surface area (Å²) < 4.78 is 32.0. The molecule has 1 atom stereocenters. The van der Waals surface area contributed by atoms with Gasteiger partial charge in [0.2, 0.25) is 0 Å². The van der Waals surface area contributed by atoms with Crippen LogP contribution < -0.4 is 5.32 Å². The highest BCUT2D eigenvalue weighted by atomic mass is 19.1. The van der Waals surface area contributed by atoms with Crippen molar-refractivity contribution < 1.29 is 18.3 Å². The van der Waals surface area contributed by atoms with Gasteiger partial charge in [-0.25, -0.2) is 8.78 Å². The summed E-state index contributed by atoms with van der Waals surface area (Å²) in [7, 11) is 0. The van der Waals surface area contributed by atoms with Crippen LogP contribution in [0, 0.1) is 11.6 Å². The van der Waals surface area contributed by atoms with E-state index >= 15 is 0 Å². The van der Waals surface area contributed by atoms with Crippen LogP contribution in [0.2, 0.25) is 0 Å². The summed E-state index contributed by atoms with van der Waals surface area (Å²) in [6.07, 6.45) is 0.546. The maximum Gasteiger partial charge on any atom is 0.254 e. The van der Waals surface area contributed by atoms with Gasteiger partial charge in [0.25, 0.3) is 5.91 Å². The van der Waals surface area contributed by atoms with Crippen LogP contribution in [0.1, 0.15) is 21.5 Å². The molecule has 1 aliphatic rings. The lowest BCUT2D eigenvalue weighted by atomic mass is 9.99. The zero-order valence-electron chi connectivity index (χ0n) is 11.8. The molecule has 0 aromatic heterocycles. The number of carbonyl (C=O) groups is 1. The van der Waals surface area contributed by atoms with E-state index in [1.54, 1.807) is 0 Å². The molecule has 2 aromatic rings. The maximum absolute atomic E-state index is 13.5. The molecule has 0 bridgehead atoms. The van der Waals surface area contributed by atoms with Gasteiger partial charge in [0.1, 0.15) is 11.6 Å². The highest BCUT2D eigenvalue weighted by molar-refractivity contribution is 5.94. The average molecular weight is 303 g/mol. The van der Waals surface area contributed by atoms with Gasteiger partial charge in [-0.05, 0) is 23.3 Å². The first-order valence-corrected chi connectivity index (χ1v) is 7.05. The number of halogens is 2. The van der Waals surface area contributed by atoms with Crippen LogP contribution in [-0.4, -0.2) is 18.6 Å². The monoisotopic (exact) mass is 303 g/mol. The van der Waals surface area contributed by atoms with E-state index in [2.05, 4.69) is 5.32 Å². The van der Waals surface area contributed by atoms with Gasteiger partial charge in [-0.1, -0.05) is 24.3 Å². The Bertz CT molecular complexity index is 703. The van der Waals surface area contributed by atoms with Crippen molar-refractivity contribution >= 4 is 5.91 Å². The number of amides is 1. The van der Waals surface area contributed by atoms with E-state index in [1.165, 1.54) is 5.56 Å². The second-order valence-electron chi connectivity index (χ2n) is 5.24. The van der Waals surface area contributed by atoms with Gasteiger partial charge in [0, 0.05) is 19.0 Å². The predicted molar refractivity (Wildman–Crippen MR) is 77.4 cm³/mol. The third-order valence-electron chi connectivity index (χ3n) is 3.71. The fraction of sp³-hybridized carbons (Fsp3) is 0.235. The molecular weight excluding hydrogens is 288 g/mol. The van der Waals surface area contributed by atoms with Crippen molar-refractivity contribution in [3.05, 3.63) is 70.8 Å². The van der Waals surface area contributed by atoms with E-state index in [9.17, 15) is 13.6 Å². The van der Waals surface area contributed by atoms with Crippen LogP contribution in [0.5, 0.6) is 0 Å². The van der Waals surface area contributed by atoms with Gasteiger partial charge in [-0.15, -0.1) is 0 Å². The largest absolute Gasteiger partial charge is 0.371 e. The molecule has 0 spiro atoms. The van der Waals surface area contributed by atoms with E-state index in [0.29, 0.717) is 19.1 Å². The smallest absolute Gasteiger partial charge is 0.254 e. The summed E-state index contributed by atoms with van der Waals surface area (Å²) in [4.78, 5) is 11.9. The standard InChI is InChI=1S/C17H15F2NO2/c18-13-5-6-15(16(19)8-13)17(21)20-9-14-7-11-3-1-2-4-12(11)10-22-14/h1-6,8,14H,7,9-10H2,(H,20,21). The molecule has 1 aliphatic heterocycles. The van der Waals surface area contributed by atoms with Crippen molar-refractivity contribution in [2.75, 3.05) is 6.54 Å². The number of hydrogen-bond acceptors (Lipinski definition) is 2. The van der Waals surface area contributed by atoms with Crippen molar-refractivity contribution in [2.24, 2.45) is 0 Å². The fourth-order valence-electron chi connectivity index (χ4n) is 2.52. The summed E-state index contributed by atoms with van der Waals surface area (Å²) in [5, 5.41) is 2.63. The van der Waals surface area contributed by atoms with E-state index in [1.807, 2.05) is 24.3 Å². The Labute approximate surface area is 126 Å². The summed E-state index contributed by atoms with van der Waals surface area (Å²) in [6, 6.07) is 10.9. The average Bonchev–Trinajstić information content (AvgIpc) is 2.52. The van der Waals surface area contributed by atoms with Crippen molar-refractivity contribution in [3.8, 4) is 0 Å². The van der Waals surface area contributed by atoms with Crippen molar-refractivity contribution in [3.63, 3.8) is 0 Å². The molecule has 0 saturated heterocycles. The number of fused-ring (bicyclic) bond motifs is 1. The van der Waals surface area contributed by atoms with E-state index in [4.69, 9.17) is 4.74 Å². The minimum Gasteiger partial charge on any atom is -0.371 e. The zero-order chi connectivity index (χ0) is 15.5. The lowest BCUT2D eigenvalue weighted by Crippen LogP contribution is -2.37. The number of ether oxygens (including phenoxy) is 1. The van der Waals surface area contributed by atoms with Crippen molar-refractivity contribution in [1.29, 1.82) is 0 Å². The molecule has 1 amide bonds. The Morgan fingerprint density at radius 2 is 1.95 bits per heavy atom. The van der Waals surface area contributed by atoms with Gasteiger partial charge in [0.15, 0.2) is 0 Å². The fourth-order valence-corrected chi connectivity index (χ4v) is 2.52.